The highest BCUT2D eigenvalue weighted by atomic mass is 79.9. The summed E-state index contributed by atoms with van der Waals surface area (Å²) in [6.45, 7) is 8.33. The van der Waals surface area contributed by atoms with Crippen LogP contribution in [0, 0.1) is 23.2 Å². The van der Waals surface area contributed by atoms with Crippen molar-refractivity contribution in [2.24, 2.45) is 23.2 Å². The van der Waals surface area contributed by atoms with Crippen LogP contribution in [0.2, 0.25) is 0 Å². The number of carbonyl (C=O) groups is 1. The molecule has 23 heavy (non-hydrogen) atoms. The number of rotatable bonds is 7. The van der Waals surface area contributed by atoms with Crippen LogP contribution < -0.4 is 0 Å². The molecule has 0 radical (unpaired) electrons. The Morgan fingerprint density at radius 2 is 2.26 bits per heavy atom. The molecule has 4 atom stereocenters. The third-order valence-corrected chi connectivity index (χ3v) is 7.25. The van der Waals surface area contributed by atoms with Crippen LogP contribution in [0.4, 0.5) is 0 Å². The van der Waals surface area contributed by atoms with Gasteiger partial charge in [-0.1, -0.05) is 48.4 Å². The lowest BCUT2D eigenvalue weighted by Crippen LogP contribution is -2.33. The van der Waals surface area contributed by atoms with Crippen molar-refractivity contribution in [1.29, 1.82) is 0 Å². The van der Waals surface area contributed by atoms with Crippen LogP contribution >= 0.6 is 15.9 Å². The van der Waals surface area contributed by atoms with Crippen LogP contribution in [-0.2, 0) is 4.79 Å². The smallest absolute Gasteiger partial charge is 0.331 e. The summed E-state index contributed by atoms with van der Waals surface area (Å²) >= 11 is 3.57. The van der Waals surface area contributed by atoms with Gasteiger partial charge in [-0.2, -0.15) is 0 Å². The number of fused-ring (bicyclic) bond motifs is 1. The van der Waals surface area contributed by atoms with Gasteiger partial charge in [0.05, 0.1) is 0 Å². The van der Waals surface area contributed by atoms with Crippen LogP contribution in [0.25, 0.3) is 0 Å². The third kappa shape index (κ3) is 3.92. The van der Waals surface area contributed by atoms with E-state index >= 15 is 0 Å². The zero-order chi connectivity index (χ0) is 17.0. The van der Waals surface area contributed by atoms with Crippen molar-refractivity contribution >= 4 is 21.9 Å². The molecular formula is C20H31BrO2. The predicted octanol–water partition coefficient (Wildman–Crippen LogP) is 6.32. The molecule has 2 aliphatic rings. The molecule has 3 heteroatoms. The zero-order valence-corrected chi connectivity index (χ0v) is 16.2. The average Bonchev–Trinajstić information content (AvgIpc) is 2.87. The van der Waals surface area contributed by atoms with Crippen LogP contribution in [-0.4, -0.2) is 11.1 Å². The van der Waals surface area contributed by atoms with Gasteiger partial charge in [0.2, 0.25) is 0 Å². The Labute approximate surface area is 149 Å². The van der Waals surface area contributed by atoms with Crippen molar-refractivity contribution in [3.63, 3.8) is 0 Å². The maximum atomic E-state index is 11.1. The standard InChI is InChI=1S/C20H31BrO2/c1-4-15(14(2)19(22)23)7-5-9-17-10-11-18-16(13-21)8-6-12-20(17,18)3/h13,15,17-18H,2,4-12H2,1,3H3,(H,22,23)/b16-13+. The van der Waals surface area contributed by atoms with Gasteiger partial charge in [-0.15, -0.1) is 0 Å². The van der Waals surface area contributed by atoms with Crippen molar-refractivity contribution < 1.29 is 9.90 Å². The highest BCUT2D eigenvalue weighted by molar-refractivity contribution is 9.11. The van der Waals surface area contributed by atoms with Crippen molar-refractivity contribution in [3.8, 4) is 0 Å². The SMILES string of the molecule is C=C(C(=O)O)C(CC)CCCC1CCC2/C(=C/Br)CCCC12C. The number of halogens is 1. The second kappa shape index (κ2) is 8.00. The topological polar surface area (TPSA) is 37.3 Å². The minimum Gasteiger partial charge on any atom is -0.478 e. The van der Waals surface area contributed by atoms with Crippen molar-refractivity contribution in [3.05, 3.63) is 22.7 Å². The first-order valence-electron chi connectivity index (χ1n) is 9.15. The molecule has 0 saturated heterocycles. The minimum atomic E-state index is -0.830. The van der Waals surface area contributed by atoms with Crippen molar-refractivity contribution in [2.45, 2.75) is 71.6 Å². The third-order valence-electron chi connectivity index (χ3n) is 6.67. The molecule has 0 aromatic carbocycles. The molecule has 1 N–H and O–H groups in total. The highest BCUT2D eigenvalue weighted by Gasteiger charge is 2.48. The van der Waals surface area contributed by atoms with Gasteiger partial charge in [-0.05, 0) is 79.5 Å². The van der Waals surface area contributed by atoms with E-state index in [4.69, 9.17) is 5.11 Å². The van der Waals surface area contributed by atoms with Crippen LogP contribution in [0.15, 0.2) is 22.7 Å². The fourth-order valence-electron chi connectivity index (χ4n) is 5.16. The molecule has 2 fully saturated rings. The van der Waals surface area contributed by atoms with E-state index < -0.39 is 5.97 Å². The van der Waals surface area contributed by atoms with E-state index in [1.54, 1.807) is 5.57 Å². The summed E-state index contributed by atoms with van der Waals surface area (Å²) in [6, 6.07) is 0. The Morgan fingerprint density at radius 1 is 1.52 bits per heavy atom. The van der Waals surface area contributed by atoms with Gasteiger partial charge < -0.3 is 5.11 Å². The Bertz CT molecular complexity index is 482. The van der Waals surface area contributed by atoms with Gasteiger partial charge in [0.15, 0.2) is 0 Å². The molecule has 2 rings (SSSR count). The fourth-order valence-corrected chi connectivity index (χ4v) is 5.71. The number of aliphatic carboxylic acids is 1. The second-order valence-electron chi connectivity index (χ2n) is 7.74. The molecular weight excluding hydrogens is 352 g/mol. The van der Waals surface area contributed by atoms with E-state index in [-0.39, 0.29) is 5.92 Å². The largest absolute Gasteiger partial charge is 0.478 e. The Kier molecular flexibility index (Phi) is 6.53. The maximum absolute atomic E-state index is 11.1. The summed E-state index contributed by atoms with van der Waals surface area (Å²) in [6.07, 6.45) is 10.8. The molecule has 0 amide bonds. The van der Waals surface area contributed by atoms with Gasteiger partial charge in [0, 0.05) is 5.57 Å². The van der Waals surface area contributed by atoms with E-state index in [2.05, 4.69) is 41.3 Å². The Balaban J connectivity index is 1.91. The maximum Gasteiger partial charge on any atom is 0.331 e. The molecule has 0 aliphatic heterocycles. The van der Waals surface area contributed by atoms with Crippen LogP contribution in [0.3, 0.4) is 0 Å². The summed E-state index contributed by atoms with van der Waals surface area (Å²) < 4.78 is 0. The molecule has 0 spiro atoms. The lowest BCUT2D eigenvalue weighted by molar-refractivity contribution is -0.133. The van der Waals surface area contributed by atoms with E-state index in [1.807, 2.05) is 0 Å². The quantitative estimate of drug-likeness (QED) is 0.523. The summed E-state index contributed by atoms with van der Waals surface area (Å²) in [5, 5.41) is 9.14. The number of allylic oxidation sites excluding steroid dienone is 1. The molecule has 0 heterocycles. The number of hydrogen-bond acceptors (Lipinski definition) is 1. The molecule has 2 nitrogen and oxygen atoms in total. The fraction of sp³-hybridized carbons (Fsp3) is 0.750. The first kappa shape index (κ1) is 18.8. The summed E-state index contributed by atoms with van der Waals surface area (Å²) in [7, 11) is 0. The van der Waals surface area contributed by atoms with Crippen molar-refractivity contribution in [1.82, 2.24) is 0 Å². The predicted molar refractivity (Wildman–Crippen MR) is 99.6 cm³/mol. The van der Waals surface area contributed by atoms with Crippen LogP contribution in [0.5, 0.6) is 0 Å². The molecule has 2 aliphatic carbocycles. The van der Waals surface area contributed by atoms with Crippen molar-refractivity contribution in [2.75, 3.05) is 0 Å². The van der Waals surface area contributed by atoms with Gasteiger partial charge in [-0.25, -0.2) is 4.79 Å². The normalized spacial score (nSPS) is 33.4. The Morgan fingerprint density at radius 3 is 2.87 bits per heavy atom. The van der Waals surface area contributed by atoms with Gasteiger partial charge in [0.1, 0.15) is 0 Å². The minimum absolute atomic E-state index is 0.141. The van der Waals surface area contributed by atoms with E-state index in [0.29, 0.717) is 11.0 Å². The van der Waals surface area contributed by atoms with Gasteiger partial charge >= 0.3 is 5.97 Å². The van der Waals surface area contributed by atoms with E-state index in [9.17, 15) is 4.79 Å². The average molecular weight is 383 g/mol. The first-order chi connectivity index (χ1) is 10.9. The lowest BCUT2D eigenvalue weighted by atomic mass is 9.63. The Hall–Kier alpha value is -0.570. The van der Waals surface area contributed by atoms with Gasteiger partial charge in [-0.3, -0.25) is 0 Å². The molecule has 130 valence electrons. The first-order valence-corrected chi connectivity index (χ1v) is 10.1. The number of carboxylic acids is 1. The molecule has 2 saturated carbocycles. The van der Waals surface area contributed by atoms with E-state index in [0.717, 1.165) is 31.1 Å². The molecule has 0 bridgehead atoms. The molecule has 0 aromatic heterocycles. The zero-order valence-electron chi connectivity index (χ0n) is 14.6. The monoisotopic (exact) mass is 382 g/mol. The second-order valence-corrected chi connectivity index (χ2v) is 8.19. The summed E-state index contributed by atoms with van der Waals surface area (Å²) in [5.74, 6) is 0.869. The summed E-state index contributed by atoms with van der Waals surface area (Å²) in [4.78, 5) is 13.3. The highest BCUT2D eigenvalue weighted by Crippen LogP contribution is 2.58. The molecule has 0 aromatic rings. The van der Waals surface area contributed by atoms with E-state index in [1.165, 1.54) is 38.5 Å². The molecule has 4 unspecified atom stereocenters. The lowest BCUT2D eigenvalue weighted by Gasteiger charge is -2.42. The summed E-state index contributed by atoms with van der Waals surface area (Å²) in [5.41, 5.74) is 2.47. The van der Waals surface area contributed by atoms with Gasteiger partial charge in [0.25, 0.3) is 0 Å². The number of hydrogen-bond donors (Lipinski definition) is 1. The number of carboxylic acid groups (broad SMARTS) is 1. The van der Waals surface area contributed by atoms with Crippen LogP contribution in [0.1, 0.15) is 71.6 Å².